The minimum atomic E-state index is -4.60. The minimum Gasteiger partial charge on any atom is -0.334 e. The van der Waals surface area contributed by atoms with Gasteiger partial charge in [0.05, 0.1) is 6.54 Å². The molecule has 1 amide bonds. The van der Waals surface area contributed by atoms with Crippen LogP contribution in [-0.2, 0) is 30.5 Å². The third kappa shape index (κ3) is 6.88. The molecule has 2 aromatic heterocycles. The molecule has 38 heavy (non-hydrogen) atoms. The summed E-state index contributed by atoms with van der Waals surface area (Å²) in [6.45, 7) is 6.09. The first-order chi connectivity index (χ1) is 18.0. The maximum absolute atomic E-state index is 13.6. The van der Waals surface area contributed by atoms with Gasteiger partial charge in [-0.05, 0) is 51.6 Å². The molecular weight excluding hydrogens is 518 g/mol. The van der Waals surface area contributed by atoms with Gasteiger partial charge in [0.25, 0.3) is 0 Å². The number of nitrogens with zero attached hydrogens (tertiary/aromatic N) is 5. The van der Waals surface area contributed by atoms with Crippen LogP contribution in [0.25, 0.3) is 11.1 Å². The quantitative estimate of drug-likeness (QED) is 0.306. The molecule has 0 spiro atoms. The fourth-order valence-electron chi connectivity index (χ4n) is 4.00. The van der Waals surface area contributed by atoms with Crippen molar-refractivity contribution in [2.75, 3.05) is 27.2 Å². The number of amides is 1. The molecule has 4 rings (SSSR count). The standard InChI is InChI=1S/C15H19N3OS.C12H10F4N2/c1-11-12-6-8-18(10-14(12)20-13(11)9-16)15(19)5-4-7-17(2)3;1-2-18-7-9(11(17-18)12(14,15)16)8-5-3-4-6-10(8)13/h4-5H,6-8,10H2,1-3H3;3-7H,2H2,1H3/b5-4+;. The molecule has 6 nitrogen and oxygen atoms in total. The molecule has 0 N–H and O–H groups in total. The van der Waals surface area contributed by atoms with Gasteiger partial charge in [0, 0.05) is 47.9 Å². The lowest BCUT2D eigenvalue weighted by Crippen LogP contribution is -2.34. The number of carbonyl (C=O) groups excluding carboxylic acids is 1. The van der Waals surface area contributed by atoms with E-state index >= 15 is 0 Å². The van der Waals surface area contributed by atoms with Crippen molar-refractivity contribution < 1.29 is 22.4 Å². The van der Waals surface area contributed by atoms with Crippen molar-refractivity contribution in [1.29, 1.82) is 5.26 Å². The summed E-state index contributed by atoms with van der Waals surface area (Å²) in [5.74, 6) is -0.638. The number of aromatic nitrogens is 2. The zero-order chi connectivity index (χ0) is 28.0. The van der Waals surface area contributed by atoms with E-state index in [0.29, 0.717) is 6.54 Å². The fourth-order valence-corrected chi connectivity index (χ4v) is 5.16. The highest BCUT2D eigenvalue weighted by Gasteiger charge is 2.38. The van der Waals surface area contributed by atoms with Gasteiger partial charge in [-0.1, -0.05) is 24.3 Å². The van der Waals surface area contributed by atoms with Crippen molar-refractivity contribution >= 4 is 17.2 Å². The van der Waals surface area contributed by atoms with Crippen molar-refractivity contribution in [2.45, 2.75) is 39.5 Å². The first-order valence-corrected chi connectivity index (χ1v) is 12.8. The summed E-state index contributed by atoms with van der Waals surface area (Å²) < 4.78 is 53.1. The normalized spacial score (nSPS) is 13.3. The van der Waals surface area contributed by atoms with Crippen molar-refractivity contribution in [1.82, 2.24) is 19.6 Å². The Morgan fingerprint density at radius 2 is 1.97 bits per heavy atom. The Hall–Kier alpha value is -3.49. The number of thiophene rings is 1. The molecule has 1 aromatic carbocycles. The highest BCUT2D eigenvalue weighted by Crippen LogP contribution is 2.37. The molecule has 3 heterocycles. The van der Waals surface area contributed by atoms with Gasteiger partial charge in [0.1, 0.15) is 16.8 Å². The molecule has 0 saturated heterocycles. The van der Waals surface area contributed by atoms with E-state index in [1.807, 2.05) is 36.9 Å². The van der Waals surface area contributed by atoms with Gasteiger partial charge in [-0.15, -0.1) is 11.3 Å². The number of aryl methyl sites for hydroxylation is 1. The van der Waals surface area contributed by atoms with Crippen LogP contribution in [0, 0.1) is 24.1 Å². The smallest absolute Gasteiger partial charge is 0.334 e. The highest BCUT2D eigenvalue weighted by molar-refractivity contribution is 7.12. The molecular formula is C27H29F4N5OS. The number of hydrogen-bond donors (Lipinski definition) is 0. The second kappa shape index (κ2) is 12.4. The van der Waals surface area contributed by atoms with Crippen LogP contribution in [0.1, 0.15) is 33.5 Å². The lowest BCUT2D eigenvalue weighted by Gasteiger charge is -2.26. The van der Waals surface area contributed by atoms with Gasteiger partial charge in [-0.3, -0.25) is 9.48 Å². The summed E-state index contributed by atoms with van der Waals surface area (Å²) in [5, 5.41) is 12.5. The minimum absolute atomic E-state index is 0.0575. The Morgan fingerprint density at radius 1 is 1.26 bits per heavy atom. The Bertz CT molecular complexity index is 1350. The Labute approximate surface area is 223 Å². The van der Waals surface area contributed by atoms with Crippen LogP contribution in [0.15, 0.2) is 42.6 Å². The largest absolute Gasteiger partial charge is 0.435 e. The van der Waals surface area contributed by atoms with E-state index in [0.717, 1.165) is 40.7 Å². The molecule has 11 heteroatoms. The zero-order valence-electron chi connectivity index (χ0n) is 21.6. The maximum Gasteiger partial charge on any atom is 0.435 e. The van der Waals surface area contributed by atoms with Gasteiger partial charge in [-0.2, -0.15) is 23.5 Å². The average Bonchev–Trinajstić information content (AvgIpc) is 3.45. The molecule has 0 atom stereocenters. The predicted molar refractivity (Wildman–Crippen MR) is 139 cm³/mol. The lowest BCUT2D eigenvalue weighted by atomic mass is 10.0. The van der Waals surface area contributed by atoms with Crippen LogP contribution >= 0.6 is 11.3 Å². The third-order valence-electron chi connectivity index (χ3n) is 5.98. The van der Waals surface area contributed by atoms with E-state index in [-0.39, 0.29) is 23.6 Å². The number of nitriles is 1. The number of likely N-dealkylation sites (N-methyl/N-ethyl adjacent to an activating group) is 1. The number of halogens is 4. The molecule has 202 valence electrons. The van der Waals surface area contributed by atoms with Gasteiger partial charge >= 0.3 is 6.18 Å². The van der Waals surface area contributed by atoms with Crippen LogP contribution in [0.5, 0.6) is 0 Å². The van der Waals surface area contributed by atoms with Gasteiger partial charge < -0.3 is 9.80 Å². The van der Waals surface area contributed by atoms with Crippen molar-refractivity contribution in [3.63, 3.8) is 0 Å². The summed E-state index contributed by atoms with van der Waals surface area (Å²) in [6.07, 6.45) is 1.00. The molecule has 0 bridgehead atoms. The number of rotatable bonds is 5. The molecule has 1 aliphatic rings. The summed E-state index contributed by atoms with van der Waals surface area (Å²) in [6, 6.07) is 7.58. The van der Waals surface area contributed by atoms with Crippen LogP contribution in [0.3, 0.4) is 0 Å². The van der Waals surface area contributed by atoms with Crippen molar-refractivity contribution in [2.24, 2.45) is 0 Å². The summed E-state index contributed by atoms with van der Waals surface area (Å²) in [7, 11) is 3.94. The second-order valence-electron chi connectivity index (χ2n) is 8.97. The number of fused-ring (bicyclic) bond motifs is 1. The molecule has 0 saturated carbocycles. The average molecular weight is 548 g/mol. The third-order valence-corrected chi connectivity index (χ3v) is 7.21. The van der Waals surface area contributed by atoms with Gasteiger partial charge in [0.2, 0.25) is 5.91 Å². The van der Waals surface area contributed by atoms with Crippen LogP contribution in [-0.4, -0.2) is 52.7 Å². The second-order valence-corrected chi connectivity index (χ2v) is 10.1. The number of hydrogen-bond acceptors (Lipinski definition) is 5. The van der Waals surface area contributed by atoms with E-state index in [4.69, 9.17) is 5.26 Å². The number of alkyl halides is 3. The molecule has 1 aliphatic heterocycles. The Kier molecular flexibility index (Phi) is 9.46. The highest BCUT2D eigenvalue weighted by atomic mass is 32.1. The maximum atomic E-state index is 13.6. The summed E-state index contributed by atoms with van der Waals surface area (Å²) in [5.41, 5.74) is 0.983. The van der Waals surface area contributed by atoms with E-state index in [9.17, 15) is 22.4 Å². The first-order valence-electron chi connectivity index (χ1n) is 12.0. The Balaban J connectivity index is 0.000000212. The van der Waals surface area contributed by atoms with Crippen LogP contribution in [0.4, 0.5) is 17.6 Å². The molecule has 0 aliphatic carbocycles. The van der Waals surface area contributed by atoms with E-state index in [2.05, 4.69) is 11.2 Å². The predicted octanol–water partition coefficient (Wildman–Crippen LogP) is 5.66. The van der Waals surface area contributed by atoms with E-state index < -0.39 is 17.7 Å². The van der Waals surface area contributed by atoms with E-state index in [1.165, 1.54) is 46.2 Å². The van der Waals surface area contributed by atoms with Crippen LogP contribution in [0.2, 0.25) is 0 Å². The number of benzene rings is 1. The number of carbonyl (C=O) groups is 1. The van der Waals surface area contributed by atoms with Gasteiger partial charge in [-0.25, -0.2) is 4.39 Å². The summed E-state index contributed by atoms with van der Waals surface area (Å²) >= 11 is 1.52. The van der Waals surface area contributed by atoms with E-state index in [1.54, 1.807) is 13.0 Å². The SMILES string of the molecule is CCn1cc(-c2ccccc2F)c(C(F)(F)F)n1.Cc1c(C#N)sc2c1CCN(C(=O)/C=C/CN(C)C)C2. The first kappa shape index (κ1) is 29.1. The van der Waals surface area contributed by atoms with Crippen LogP contribution < -0.4 is 0 Å². The summed E-state index contributed by atoms with van der Waals surface area (Å²) in [4.78, 5) is 17.9. The molecule has 3 aromatic rings. The van der Waals surface area contributed by atoms with Crippen molar-refractivity contribution in [3.8, 4) is 17.2 Å². The molecule has 0 fully saturated rings. The topological polar surface area (TPSA) is 65.2 Å². The van der Waals surface area contributed by atoms with Gasteiger partial charge in [0.15, 0.2) is 5.69 Å². The Morgan fingerprint density at radius 3 is 2.58 bits per heavy atom. The fraction of sp³-hybridized carbons (Fsp3) is 0.370. The molecule has 0 unspecified atom stereocenters. The lowest BCUT2D eigenvalue weighted by molar-refractivity contribution is -0.141. The zero-order valence-corrected chi connectivity index (χ0v) is 22.5. The van der Waals surface area contributed by atoms with Crippen molar-refractivity contribution in [3.05, 3.63) is 75.0 Å². The molecule has 0 radical (unpaired) electrons. The monoisotopic (exact) mass is 547 g/mol.